The van der Waals surface area contributed by atoms with Crippen molar-refractivity contribution in [3.63, 3.8) is 0 Å². The van der Waals surface area contributed by atoms with Gasteiger partial charge in [0.05, 0.1) is 11.1 Å². The average Bonchev–Trinajstić information content (AvgIpc) is 2.30. The van der Waals surface area contributed by atoms with Crippen molar-refractivity contribution in [2.75, 3.05) is 0 Å². The Bertz CT molecular complexity index is 560. The van der Waals surface area contributed by atoms with Gasteiger partial charge in [0, 0.05) is 4.47 Å². The van der Waals surface area contributed by atoms with E-state index in [0.29, 0.717) is 5.02 Å². The standard InChI is InChI=1S/C15H15BrClN/c1-9-6-10(2)8-11(7-9)15(18)12-4-3-5-13(16)14(12)17/h3-8,15H,18H2,1-2H3. The minimum Gasteiger partial charge on any atom is -0.320 e. The summed E-state index contributed by atoms with van der Waals surface area (Å²) in [6.07, 6.45) is 0. The van der Waals surface area contributed by atoms with E-state index in [1.54, 1.807) is 0 Å². The van der Waals surface area contributed by atoms with Crippen molar-refractivity contribution in [3.05, 3.63) is 68.1 Å². The molecule has 0 amide bonds. The van der Waals surface area contributed by atoms with Gasteiger partial charge in [0.2, 0.25) is 0 Å². The van der Waals surface area contributed by atoms with Crippen LogP contribution in [0.5, 0.6) is 0 Å². The Kier molecular flexibility index (Phi) is 4.10. The fourth-order valence-corrected chi connectivity index (χ4v) is 2.75. The van der Waals surface area contributed by atoms with E-state index >= 15 is 0 Å². The number of benzene rings is 2. The summed E-state index contributed by atoms with van der Waals surface area (Å²) in [6.45, 7) is 4.15. The third-order valence-corrected chi connectivity index (χ3v) is 4.23. The Morgan fingerprint density at radius 1 is 1.11 bits per heavy atom. The molecule has 18 heavy (non-hydrogen) atoms. The molecule has 2 aromatic carbocycles. The highest BCUT2D eigenvalue weighted by Crippen LogP contribution is 2.32. The Balaban J connectivity index is 2.47. The third kappa shape index (κ3) is 2.77. The third-order valence-electron chi connectivity index (χ3n) is 2.92. The van der Waals surface area contributed by atoms with Crippen molar-refractivity contribution < 1.29 is 0 Å². The van der Waals surface area contributed by atoms with E-state index in [1.165, 1.54) is 11.1 Å². The van der Waals surface area contributed by atoms with Crippen LogP contribution >= 0.6 is 27.5 Å². The summed E-state index contributed by atoms with van der Waals surface area (Å²) in [5.41, 5.74) is 10.8. The lowest BCUT2D eigenvalue weighted by Gasteiger charge is -2.16. The maximum atomic E-state index is 6.32. The molecule has 0 aliphatic rings. The van der Waals surface area contributed by atoms with E-state index in [9.17, 15) is 0 Å². The monoisotopic (exact) mass is 323 g/mol. The first-order valence-electron chi connectivity index (χ1n) is 5.76. The van der Waals surface area contributed by atoms with Crippen molar-refractivity contribution in [1.29, 1.82) is 0 Å². The van der Waals surface area contributed by atoms with Gasteiger partial charge >= 0.3 is 0 Å². The fourth-order valence-electron chi connectivity index (χ4n) is 2.13. The second-order valence-electron chi connectivity index (χ2n) is 4.54. The molecule has 0 heterocycles. The van der Waals surface area contributed by atoms with Gasteiger partial charge in [0.25, 0.3) is 0 Å². The summed E-state index contributed by atoms with van der Waals surface area (Å²) in [4.78, 5) is 0. The zero-order valence-corrected chi connectivity index (χ0v) is 12.7. The zero-order valence-electron chi connectivity index (χ0n) is 10.4. The van der Waals surface area contributed by atoms with Crippen molar-refractivity contribution in [3.8, 4) is 0 Å². The summed E-state index contributed by atoms with van der Waals surface area (Å²) in [5.74, 6) is 0. The smallest absolute Gasteiger partial charge is 0.0599 e. The molecule has 1 nitrogen and oxygen atoms in total. The van der Waals surface area contributed by atoms with Crippen LogP contribution in [0, 0.1) is 13.8 Å². The molecule has 0 fully saturated rings. The van der Waals surface area contributed by atoms with E-state index in [0.717, 1.165) is 15.6 Å². The number of hydrogen-bond donors (Lipinski definition) is 1. The Hall–Kier alpha value is -0.830. The van der Waals surface area contributed by atoms with Crippen molar-refractivity contribution >= 4 is 27.5 Å². The van der Waals surface area contributed by atoms with Gasteiger partial charge in [0.15, 0.2) is 0 Å². The molecule has 0 radical (unpaired) electrons. The summed E-state index contributed by atoms with van der Waals surface area (Å²) >= 11 is 9.72. The second-order valence-corrected chi connectivity index (χ2v) is 5.77. The molecule has 2 N–H and O–H groups in total. The van der Waals surface area contributed by atoms with Crippen LogP contribution in [0.25, 0.3) is 0 Å². The Morgan fingerprint density at radius 3 is 2.33 bits per heavy atom. The van der Waals surface area contributed by atoms with Crippen LogP contribution in [-0.4, -0.2) is 0 Å². The SMILES string of the molecule is Cc1cc(C)cc(C(N)c2cccc(Br)c2Cl)c1. The van der Waals surface area contributed by atoms with E-state index in [2.05, 4.69) is 48.0 Å². The number of hydrogen-bond acceptors (Lipinski definition) is 1. The number of aryl methyl sites for hydroxylation is 2. The van der Waals surface area contributed by atoms with Gasteiger partial charge in [-0.25, -0.2) is 0 Å². The molecule has 0 aliphatic carbocycles. The molecular weight excluding hydrogens is 310 g/mol. The minimum atomic E-state index is -0.200. The van der Waals surface area contributed by atoms with E-state index in [1.807, 2.05) is 18.2 Å². The van der Waals surface area contributed by atoms with Gasteiger partial charge in [-0.15, -0.1) is 0 Å². The molecule has 1 unspecified atom stereocenters. The lowest BCUT2D eigenvalue weighted by Crippen LogP contribution is -2.13. The molecule has 3 heteroatoms. The molecule has 0 aromatic heterocycles. The predicted molar refractivity (Wildman–Crippen MR) is 81.1 cm³/mol. The predicted octanol–water partition coefficient (Wildman–Crippen LogP) is 4.77. The fraction of sp³-hybridized carbons (Fsp3) is 0.200. The second kappa shape index (κ2) is 5.43. The van der Waals surface area contributed by atoms with Crippen LogP contribution in [0.15, 0.2) is 40.9 Å². The highest BCUT2D eigenvalue weighted by atomic mass is 79.9. The first-order valence-corrected chi connectivity index (χ1v) is 6.94. The molecule has 0 saturated heterocycles. The number of rotatable bonds is 2. The van der Waals surface area contributed by atoms with Crippen LogP contribution < -0.4 is 5.73 Å². The van der Waals surface area contributed by atoms with Gasteiger partial charge in [0.1, 0.15) is 0 Å². The lowest BCUT2D eigenvalue weighted by atomic mass is 9.96. The van der Waals surface area contributed by atoms with Gasteiger partial charge < -0.3 is 5.73 Å². The zero-order chi connectivity index (χ0) is 13.3. The van der Waals surface area contributed by atoms with E-state index in [-0.39, 0.29) is 6.04 Å². The highest BCUT2D eigenvalue weighted by Gasteiger charge is 2.14. The van der Waals surface area contributed by atoms with Crippen LogP contribution in [0.4, 0.5) is 0 Å². The molecule has 0 saturated carbocycles. The van der Waals surface area contributed by atoms with Crippen LogP contribution in [0.1, 0.15) is 28.3 Å². The van der Waals surface area contributed by atoms with Crippen LogP contribution in [0.3, 0.4) is 0 Å². The Labute approximate surface area is 121 Å². The van der Waals surface area contributed by atoms with Crippen molar-refractivity contribution in [1.82, 2.24) is 0 Å². The largest absolute Gasteiger partial charge is 0.320 e. The van der Waals surface area contributed by atoms with E-state index < -0.39 is 0 Å². The number of nitrogens with two attached hydrogens (primary N) is 1. The maximum absolute atomic E-state index is 6.32. The first kappa shape index (κ1) is 13.6. The quantitative estimate of drug-likeness (QED) is 0.846. The van der Waals surface area contributed by atoms with Crippen molar-refractivity contribution in [2.45, 2.75) is 19.9 Å². The first-order chi connectivity index (χ1) is 8.49. The van der Waals surface area contributed by atoms with Crippen LogP contribution in [-0.2, 0) is 0 Å². The number of halogens is 2. The molecular formula is C15H15BrClN. The molecule has 94 valence electrons. The lowest BCUT2D eigenvalue weighted by molar-refractivity contribution is 0.867. The highest BCUT2D eigenvalue weighted by molar-refractivity contribution is 9.10. The molecule has 2 rings (SSSR count). The maximum Gasteiger partial charge on any atom is 0.0599 e. The molecule has 0 bridgehead atoms. The van der Waals surface area contributed by atoms with Gasteiger partial charge in [-0.3, -0.25) is 0 Å². The van der Waals surface area contributed by atoms with Crippen LogP contribution in [0.2, 0.25) is 5.02 Å². The minimum absolute atomic E-state index is 0.200. The van der Waals surface area contributed by atoms with Gasteiger partial charge in [-0.1, -0.05) is 53.1 Å². The summed E-state index contributed by atoms with van der Waals surface area (Å²) in [5, 5.41) is 0.684. The Morgan fingerprint density at radius 2 is 1.72 bits per heavy atom. The summed E-state index contributed by atoms with van der Waals surface area (Å²) < 4.78 is 0.876. The molecule has 1 atom stereocenters. The average molecular weight is 325 g/mol. The van der Waals surface area contributed by atoms with Crippen molar-refractivity contribution in [2.24, 2.45) is 5.73 Å². The topological polar surface area (TPSA) is 26.0 Å². The van der Waals surface area contributed by atoms with E-state index in [4.69, 9.17) is 17.3 Å². The molecule has 2 aromatic rings. The molecule has 0 aliphatic heterocycles. The summed E-state index contributed by atoms with van der Waals surface area (Å²) in [6, 6.07) is 12.0. The summed E-state index contributed by atoms with van der Waals surface area (Å²) in [7, 11) is 0. The normalized spacial score (nSPS) is 12.5. The van der Waals surface area contributed by atoms with Gasteiger partial charge in [-0.2, -0.15) is 0 Å². The molecule has 0 spiro atoms. The van der Waals surface area contributed by atoms with Gasteiger partial charge in [-0.05, 0) is 47.0 Å².